The Morgan fingerprint density at radius 1 is 0.706 bits per heavy atom. The fourth-order valence-electron chi connectivity index (χ4n) is 1.75. The van der Waals surface area contributed by atoms with E-state index >= 15 is 0 Å². The number of benzene rings is 2. The molecule has 0 spiro atoms. The Bertz CT molecular complexity index is 459. The Morgan fingerprint density at radius 3 is 1.59 bits per heavy atom. The van der Waals surface area contributed by atoms with E-state index in [1.165, 1.54) is 11.1 Å². The molecule has 0 heterocycles. The maximum Gasteiger partial charge on any atom is 0.0681 e. The topological polar surface area (TPSA) is 20.2 Å². The highest BCUT2D eigenvalue weighted by Gasteiger charge is 1.97. The normalized spacial score (nSPS) is 10.5. The van der Waals surface area contributed by atoms with Gasteiger partial charge < -0.3 is 5.11 Å². The molecule has 0 bridgehead atoms. The molecule has 2 rings (SSSR count). The van der Waals surface area contributed by atoms with Crippen molar-refractivity contribution >= 4 is 11.6 Å². The third-order valence-electron chi connectivity index (χ3n) is 2.82. The molecule has 2 aromatic rings. The maximum absolute atomic E-state index is 8.95. The molecular weight excluding hydrogens is 232 g/mol. The highest BCUT2D eigenvalue weighted by molar-refractivity contribution is 6.30. The molecule has 0 saturated carbocycles. The predicted octanol–water partition coefficient (Wildman–Crippen LogP) is 3.62. The highest BCUT2D eigenvalue weighted by atomic mass is 35.5. The van der Waals surface area contributed by atoms with Gasteiger partial charge in [-0.1, -0.05) is 48.0 Å². The summed E-state index contributed by atoms with van der Waals surface area (Å²) >= 11 is 5.84. The molecule has 0 atom stereocenters. The van der Waals surface area contributed by atoms with Crippen LogP contribution in [-0.2, 0) is 19.4 Å². The van der Waals surface area contributed by atoms with Crippen molar-refractivity contribution in [3.8, 4) is 0 Å². The lowest BCUT2D eigenvalue weighted by molar-refractivity contribution is 0.282. The minimum absolute atomic E-state index is 0.109. The first-order valence-electron chi connectivity index (χ1n) is 5.71. The maximum atomic E-state index is 8.95. The zero-order valence-electron chi connectivity index (χ0n) is 9.57. The second-order valence-electron chi connectivity index (χ2n) is 4.10. The average Bonchev–Trinajstić information content (AvgIpc) is 2.39. The van der Waals surface area contributed by atoms with Crippen LogP contribution in [0.2, 0.25) is 5.02 Å². The number of hydrogen-bond acceptors (Lipinski definition) is 1. The van der Waals surface area contributed by atoms with Gasteiger partial charge in [0, 0.05) is 5.02 Å². The lowest BCUT2D eigenvalue weighted by Crippen LogP contribution is -1.92. The van der Waals surface area contributed by atoms with Crippen LogP contribution in [0.3, 0.4) is 0 Å². The molecule has 2 aromatic carbocycles. The summed E-state index contributed by atoms with van der Waals surface area (Å²) in [5, 5.41) is 9.73. The predicted molar refractivity (Wildman–Crippen MR) is 71.2 cm³/mol. The molecule has 0 aliphatic rings. The van der Waals surface area contributed by atoms with Crippen molar-refractivity contribution in [2.45, 2.75) is 19.4 Å². The summed E-state index contributed by atoms with van der Waals surface area (Å²) < 4.78 is 0. The van der Waals surface area contributed by atoms with Gasteiger partial charge in [0.05, 0.1) is 6.61 Å². The van der Waals surface area contributed by atoms with Crippen LogP contribution in [0.5, 0.6) is 0 Å². The van der Waals surface area contributed by atoms with Crippen LogP contribution in [-0.4, -0.2) is 5.11 Å². The molecule has 0 unspecified atom stereocenters. The quantitative estimate of drug-likeness (QED) is 0.874. The zero-order valence-corrected chi connectivity index (χ0v) is 10.3. The summed E-state index contributed by atoms with van der Waals surface area (Å²) in [5.41, 5.74) is 3.54. The molecule has 0 amide bonds. The smallest absolute Gasteiger partial charge is 0.0681 e. The SMILES string of the molecule is OCc1ccc(CCc2ccc(Cl)cc2)cc1. The lowest BCUT2D eigenvalue weighted by Gasteiger charge is -2.03. The van der Waals surface area contributed by atoms with Gasteiger partial charge in [-0.25, -0.2) is 0 Å². The zero-order chi connectivity index (χ0) is 12.1. The second-order valence-corrected chi connectivity index (χ2v) is 4.54. The number of hydrogen-bond donors (Lipinski definition) is 1. The van der Waals surface area contributed by atoms with Crippen LogP contribution in [0, 0.1) is 0 Å². The van der Waals surface area contributed by atoms with Crippen molar-refractivity contribution < 1.29 is 5.11 Å². The molecule has 0 saturated heterocycles. The Morgan fingerprint density at radius 2 is 1.12 bits per heavy atom. The molecule has 17 heavy (non-hydrogen) atoms. The largest absolute Gasteiger partial charge is 0.392 e. The fraction of sp³-hybridized carbons (Fsp3) is 0.200. The van der Waals surface area contributed by atoms with Gasteiger partial charge in [0.1, 0.15) is 0 Å². The van der Waals surface area contributed by atoms with E-state index in [9.17, 15) is 0 Å². The Hall–Kier alpha value is -1.31. The minimum Gasteiger partial charge on any atom is -0.392 e. The van der Waals surface area contributed by atoms with Gasteiger partial charge in [0.15, 0.2) is 0 Å². The van der Waals surface area contributed by atoms with Gasteiger partial charge in [-0.15, -0.1) is 0 Å². The van der Waals surface area contributed by atoms with Crippen LogP contribution in [0.25, 0.3) is 0 Å². The highest BCUT2D eigenvalue weighted by Crippen LogP contribution is 2.12. The summed E-state index contributed by atoms with van der Waals surface area (Å²) in [4.78, 5) is 0. The summed E-state index contributed by atoms with van der Waals surface area (Å²) in [6.45, 7) is 0.109. The van der Waals surface area contributed by atoms with Crippen LogP contribution in [0.1, 0.15) is 16.7 Å². The molecule has 1 nitrogen and oxygen atoms in total. The second kappa shape index (κ2) is 5.85. The van der Waals surface area contributed by atoms with Crippen LogP contribution >= 0.6 is 11.6 Å². The molecule has 0 radical (unpaired) electrons. The fourth-order valence-corrected chi connectivity index (χ4v) is 1.88. The monoisotopic (exact) mass is 246 g/mol. The van der Waals surface area contributed by atoms with Crippen molar-refractivity contribution in [3.63, 3.8) is 0 Å². The third-order valence-corrected chi connectivity index (χ3v) is 3.07. The molecule has 0 fully saturated rings. The standard InChI is InChI=1S/C15H15ClO/c16-15-9-7-13(8-10-15)2-1-12-3-5-14(11-17)6-4-12/h3-10,17H,1-2,11H2. The summed E-state index contributed by atoms with van der Waals surface area (Å²) in [6.07, 6.45) is 2.02. The van der Waals surface area contributed by atoms with Crippen molar-refractivity contribution in [2.24, 2.45) is 0 Å². The first kappa shape index (κ1) is 12.2. The first-order valence-corrected chi connectivity index (χ1v) is 6.09. The summed E-state index contributed by atoms with van der Waals surface area (Å²) in [7, 11) is 0. The number of halogens is 1. The molecule has 0 aromatic heterocycles. The number of aliphatic hydroxyl groups excluding tert-OH is 1. The van der Waals surface area contributed by atoms with Crippen molar-refractivity contribution in [2.75, 3.05) is 0 Å². The molecule has 88 valence electrons. The van der Waals surface area contributed by atoms with E-state index in [2.05, 4.69) is 24.3 Å². The van der Waals surface area contributed by atoms with Gasteiger partial charge in [0.2, 0.25) is 0 Å². The molecular formula is C15H15ClO. The minimum atomic E-state index is 0.109. The molecule has 1 N–H and O–H groups in total. The van der Waals surface area contributed by atoms with E-state index < -0.39 is 0 Å². The van der Waals surface area contributed by atoms with E-state index in [0.717, 1.165) is 23.4 Å². The Kier molecular flexibility index (Phi) is 4.18. The average molecular weight is 247 g/mol. The third kappa shape index (κ3) is 3.58. The van der Waals surface area contributed by atoms with Crippen molar-refractivity contribution in [1.29, 1.82) is 0 Å². The van der Waals surface area contributed by atoms with Gasteiger partial charge in [-0.05, 0) is 41.7 Å². The van der Waals surface area contributed by atoms with Crippen LogP contribution < -0.4 is 0 Å². The van der Waals surface area contributed by atoms with E-state index in [4.69, 9.17) is 16.7 Å². The van der Waals surface area contributed by atoms with E-state index in [1.807, 2.05) is 24.3 Å². The van der Waals surface area contributed by atoms with E-state index in [1.54, 1.807) is 0 Å². The summed E-state index contributed by atoms with van der Waals surface area (Å²) in [6, 6.07) is 16.0. The number of aryl methyl sites for hydroxylation is 2. The lowest BCUT2D eigenvalue weighted by atomic mass is 10.0. The molecule has 2 heteroatoms. The number of aliphatic hydroxyl groups is 1. The van der Waals surface area contributed by atoms with Gasteiger partial charge in [0.25, 0.3) is 0 Å². The molecule has 0 aliphatic heterocycles. The van der Waals surface area contributed by atoms with Gasteiger partial charge in [-0.3, -0.25) is 0 Å². The van der Waals surface area contributed by atoms with Crippen LogP contribution in [0.15, 0.2) is 48.5 Å². The van der Waals surface area contributed by atoms with Gasteiger partial charge >= 0.3 is 0 Å². The number of rotatable bonds is 4. The van der Waals surface area contributed by atoms with Crippen molar-refractivity contribution in [1.82, 2.24) is 0 Å². The summed E-state index contributed by atoms with van der Waals surface area (Å²) in [5.74, 6) is 0. The molecule has 0 aliphatic carbocycles. The first-order chi connectivity index (χ1) is 8.28. The van der Waals surface area contributed by atoms with E-state index in [-0.39, 0.29) is 6.61 Å². The van der Waals surface area contributed by atoms with E-state index in [0.29, 0.717) is 0 Å². The van der Waals surface area contributed by atoms with Crippen LogP contribution in [0.4, 0.5) is 0 Å². The Balaban J connectivity index is 1.95. The van der Waals surface area contributed by atoms with Gasteiger partial charge in [-0.2, -0.15) is 0 Å². The Labute approximate surface area is 107 Å². The van der Waals surface area contributed by atoms with Crippen molar-refractivity contribution in [3.05, 3.63) is 70.2 Å².